The fourth-order valence-corrected chi connectivity index (χ4v) is 5.72. The average molecular weight is 443 g/mol. The molecule has 0 aliphatic heterocycles. The monoisotopic (exact) mass is 442 g/mol. The number of nitrogens with one attached hydrogen (secondary N) is 2. The summed E-state index contributed by atoms with van der Waals surface area (Å²) in [4.78, 5) is 39.1. The topological polar surface area (TPSA) is 109 Å². The fourth-order valence-electron chi connectivity index (χ4n) is 4.43. The standard InChI is InChI=1S/C23H26N2O5S/c1-12-9-16(17(23(28)29)10-13(12)2)20(26)25-22-19(15-6-3-7-18(15)31-22)21(27)24-11-14-5-4-8-30-14/h4-5,8,16-17H,3,6-7,9-11H2,1-2H3,(H,24,27)(H,25,26)(H,28,29)/t16-,17-/m0/s1. The largest absolute Gasteiger partial charge is 0.481 e. The second kappa shape index (κ2) is 8.70. The number of carboxylic acid groups (broad SMARTS) is 1. The summed E-state index contributed by atoms with van der Waals surface area (Å²) in [6.45, 7) is 4.13. The van der Waals surface area contributed by atoms with Gasteiger partial charge in [-0.05, 0) is 63.6 Å². The molecule has 0 unspecified atom stereocenters. The van der Waals surface area contributed by atoms with Crippen LogP contribution in [0.25, 0.3) is 0 Å². The lowest BCUT2D eigenvalue weighted by Gasteiger charge is -2.29. The second-order valence-electron chi connectivity index (χ2n) is 8.33. The van der Waals surface area contributed by atoms with Crippen molar-refractivity contribution in [1.29, 1.82) is 0 Å². The third-order valence-corrected chi connectivity index (χ3v) is 7.52. The van der Waals surface area contributed by atoms with E-state index in [-0.39, 0.29) is 18.4 Å². The molecule has 0 saturated carbocycles. The van der Waals surface area contributed by atoms with Crippen molar-refractivity contribution < 1.29 is 23.9 Å². The minimum absolute atomic E-state index is 0.253. The Kier molecular flexibility index (Phi) is 6.00. The van der Waals surface area contributed by atoms with Crippen molar-refractivity contribution in [3.63, 3.8) is 0 Å². The summed E-state index contributed by atoms with van der Waals surface area (Å²) in [6.07, 6.45) is 5.01. The number of carbonyl (C=O) groups is 3. The second-order valence-corrected chi connectivity index (χ2v) is 9.44. The molecule has 3 N–H and O–H groups in total. The van der Waals surface area contributed by atoms with E-state index in [9.17, 15) is 19.5 Å². The summed E-state index contributed by atoms with van der Waals surface area (Å²) in [5.41, 5.74) is 3.58. The van der Waals surface area contributed by atoms with E-state index < -0.39 is 17.8 Å². The van der Waals surface area contributed by atoms with Crippen LogP contribution in [0.1, 0.15) is 59.7 Å². The van der Waals surface area contributed by atoms with Gasteiger partial charge in [0, 0.05) is 4.88 Å². The van der Waals surface area contributed by atoms with Crippen molar-refractivity contribution in [2.75, 3.05) is 5.32 Å². The molecule has 7 nitrogen and oxygen atoms in total. The van der Waals surface area contributed by atoms with Crippen molar-refractivity contribution >= 4 is 34.1 Å². The molecule has 0 radical (unpaired) electrons. The highest BCUT2D eigenvalue weighted by atomic mass is 32.1. The van der Waals surface area contributed by atoms with Gasteiger partial charge in [-0.15, -0.1) is 11.3 Å². The van der Waals surface area contributed by atoms with E-state index in [1.54, 1.807) is 18.4 Å². The number of hydrogen-bond donors (Lipinski definition) is 3. The molecule has 2 aliphatic rings. The summed E-state index contributed by atoms with van der Waals surface area (Å²) in [6, 6.07) is 3.55. The SMILES string of the molecule is CC1=C(C)C[C@H](C(=O)Nc2sc3c(c2C(=O)NCc2ccco2)CCC3)[C@@H](C(=O)O)C1. The molecule has 0 spiro atoms. The Morgan fingerprint density at radius 3 is 2.58 bits per heavy atom. The Hall–Kier alpha value is -2.87. The quantitative estimate of drug-likeness (QED) is 0.583. The van der Waals surface area contributed by atoms with Gasteiger partial charge in [0.1, 0.15) is 10.8 Å². The molecule has 0 aromatic carbocycles. The van der Waals surface area contributed by atoms with Gasteiger partial charge in [0.2, 0.25) is 5.91 Å². The van der Waals surface area contributed by atoms with E-state index in [0.29, 0.717) is 29.2 Å². The molecule has 4 rings (SSSR count). The maximum atomic E-state index is 13.1. The van der Waals surface area contributed by atoms with Crippen molar-refractivity contribution in [2.24, 2.45) is 11.8 Å². The summed E-state index contributed by atoms with van der Waals surface area (Å²) in [5, 5.41) is 16.0. The van der Waals surface area contributed by atoms with E-state index in [4.69, 9.17) is 4.42 Å². The zero-order valence-corrected chi connectivity index (χ0v) is 18.4. The number of furan rings is 1. The first kappa shape index (κ1) is 21.4. The summed E-state index contributed by atoms with van der Waals surface area (Å²) >= 11 is 1.43. The zero-order chi connectivity index (χ0) is 22.1. The summed E-state index contributed by atoms with van der Waals surface area (Å²) in [7, 11) is 0. The number of aryl methyl sites for hydroxylation is 1. The Morgan fingerprint density at radius 1 is 1.16 bits per heavy atom. The molecular formula is C23H26N2O5S. The zero-order valence-electron chi connectivity index (χ0n) is 17.6. The summed E-state index contributed by atoms with van der Waals surface area (Å²) < 4.78 is 5.28. The van der Waals surface area contributed by atoms with Crippen LogP contribution in [0.15, 0.2) is 34.0 Å². The molecular weight excluding hydrogens is 416 g/mol. The van der Waals surface area contributed by atoms with Crippen molar-refractivity contribution in [3.8, 4) is 0 Å². The molecule has 0 fully saturated rings. The van der Waals surface area contributed by atoms with Crippen LogP contribution in [0.3, 0.4) is 0 Å². The maximum absolute atomic E-state index is 13.1. The van der Waals surface area contributed by atoms with Crippen molar-refractivity contribution in [2.45, 2.75) is 52.5 Å². The smallest absolute Gasteiger partial charge is 0.307 e. The van der Waals surface area contributed by atoms with Gasteiger partial charge in [-0.25, -0.2) is 0 Å². The van der Waals surface area contributed by atoms with E-state index >= 15 is 0 Å². The molecule has 2 atom stereocenters. The van der Waals surface area contributed by atoms with Gasteiger partial charge < -0.3 is 20.2 Å². The first-order valence-electron chi connectivity index (χ1n) is 10.5. The van der Waals surface area contributed by atoms with E-state index in [0.717, 1.165) is 40.8 Å². The highest BCUT2D eigenvalue weighted by molar-refractivity contribution is 7.17. The van der Waals surface area contributed by atoms with Crippen LogP contribution in [0, 0.1) is 11.8 Å². The molecule has 164 valence electrons. The van der Waals surface area contributed by atoms with Crippen LogP contribution in [-0.4, -0.2) is 22.9 Å². The lowest BCUT2D eigenvalue weighted by atomic mass is 9.76. The van der Waals surface area contributed by atoms with Crippen molar-refractivity contribution in [1.82, 2.24) is 5.32 Å². The molecule has 0 saturated heterocycles. The number of rotatable bonds is 6. The van der Waals surface area contributed by atoms with Gasteiger partial charge >= 0.3 is 5.97 Å². The molecule has 2 aromatic rings. The maximum Gasteiger partial charge on any atom is 0.307 e. The highest BCUT2D eigenvalue weighted by Gasteiger charge is 2.38. The van der Waals surface area contributed by atoms with Gasteiger partial charge in [0.25, 0.3) is 5.91 Å². The molecule has 2 aromatic heterocycles. The average Bonchev–Trinajstić information content (AvgIpc) is 3.45. The number of aliphatic carboxylic acids is 1. The third-order valence-electron chi connectivity index (χ3n) is 6.31. The predicted molar refractivity (Wildman–Crippen MR) is 117 cm³/mol. The normalized spacial score (nSPS) is 20.5. The first-order chi connectivity index (χ1) is 14.8. The third kappa shape index (κ3) is 4.30. The lowest BCUT2D eigenvalue weighted by molar-refractivity contribution is -0.146. The molecule has 2 amide bonds. The van der Waals surface area contributed by atoms with Gasteiger partial charge in [0.05, 0.1) is 30.2 Å². The van der Waals surface area contributed by atoms with Gasteiger partial charge in [0.15, 0.2) is 0 Å². The van der Waals surface area contributed by atoms with Gasteiger partial charge in [-0.1, -0.05) is 11.1 Å². The predicted octanol–water partition coefficient (Wildman–Crippen LogP) is 4.15. The van der Waals surface area contributed by atoms with Crippen molar-refractivity contribution in [3.05, 3.63) is 51.3 Å². The van der Waals surface area contributed by atoms with Gasteiger partial charge in [-0.2, -0.15) is 0 Å². The first-order valence-corrected chi connectivity index (χ1v) is 11.3. The Balaban J connectivity index is 1.56. The summed E-state index contributed by atoms with van der Waals surface area (Å²) in [5.74, 6) is -2.31. The van der Waals surface area contributed by atoms with E-state index in [1.807, 2.05) is 13.8 Å². The van der Waals surface area contributed by atoms with E-state index in [1.165, 1.54) is 11.3 Å². The number of amides is 2. The fraction of sp³-hybridized carbons (Fsp3) is 0.435. The number of thiophene rings is 1. The Morgan fingerprint density at radius 2 is 1.90 bits per heavy atom. The molecule has 2 heterocycles. The van der Waals surface area contributed by atoms with Crippen LogP contribution < -0.4 is 10.6 Å². The number of carbonyl (C=O) groups excluding carboxylic acids is 2. The molecule has 0 bridgehead atoms. The minimum Gasteiger partial charge on any atom is -0.481 e. The van der Waals surface area contributed by atoms with Crippen LogP contribution in [0.2, 0.25) is 0 Å². The van der Waals surface area contributed by atoms with Crippen LogP contribution in [0.5, 0.6) is 0 Å². The molecule has 8 heteroatoms. The van der Waals surface area contributed by atoms with Crippen LogP contribution in [-0.2, 0) is 29.0 Å². The number of anilines is 1. The van der Waals surface area contributed by atoms with E-state index in [2.05, 4.69) is 10.6 Å². The minimum atomic E-state index is -0.961. The number of allylic oxidation sites excluding steroid dienone is 2. The molecule has 2 aliphatic carbocycles. The number of fused-ring (bicyclic) bond motifs is 1. The Bertz CT molecular complexity index is 1050. The lowest BCUT2D eigenvalue weighted by Crippen LogP contribution is -2.36. The van der Waals surface area contributed by atoms with Gasteiger partial charge in [-0.3, -0.25) is 14.4 Å². The van der Waals surface area contributed by atoms with Crippen LogP contribution in [0.4, 0.5) is 5.00 Å². The van der Waals surface area contributed by atoms with Crippen LogP contribution >= 0.6 is 11.3 Å². The molecule has 31 heavy (non-hydrogen) atoms. The number of hydrogen-bond acceptors (Lipinski definition) is 5. The number of carboxylic acids is 1. The Labute approximate surface area is 184 Å². The highest BCUT2D eigenvalue weighted by Crippen LogP contribution is 2.41.